The van der Waals surface area contributed by atoms with Gasteiger partial charge in [0.25, 0.3) is 5.91 Å². The number of nitrogens with zero attached hydrogens (tertiary/aromatic N) is 4. The Labute approximate surface area is 310 Å². The average Bonchev–Trinajstić information content (AvgIpc) is 3.18. The van der Waals surface area contributed by atoms with Crippen LogP contribution >= 0.6 is 11.6 Å². The Morgan fingerprint density at radius 2 is 1.11 bits per heavy atom. The van der Waals surface area contributed by atoms with Crippen molar-refractivity contribution in [3.8, 4) is 0 Å². The van der Waals surface area contributed by atoms with E-state index < -0.39 is 17.8 Å². The number of alkyl halides is 1. The highest BCUT2D eigenvalue weighted by Gasteiger charge is 2.29. The van der Waals surface area contributed by atoms with Crippen molar-refractivity contribution in [3.63, 3.8) is 0 Å². The van der Waals surface area contributed by atoms with E-state index in [1.165, 1.54) is 29.2 Å². The maximum atomic E-state index is 13.8. The van der Waals surface area contributed by atoms with Crippen LogP contribution in [-0.4, -0.2) is 80.5 Å². The first-order valence-electron chi connectivity index (χ1n) is 17.7. The molecule has 9 nitrogen and oxygen atoms in total. The lowest BCUT2D eigenvalue weighted by Gasteiger charge is -2.32. The number of carboxylic acid groups (broad SMARTS) is 1. The second kappa shape index (κ2) is 17.0. The monoisotopic (exact) mass is 740 g/mol. The van der Waals surface area contributed by atoms with E-state index >= 15 is 0 Å². The lowest BCUT2D eigenvalue weighted by Crippen LogP contribution is -2.42. The number of fused-ring (bicyclic) bond motifs is 2. The number of ketones is 1. The molecule has 0 atom stereocenters. The lowest BCUT2D eigenvalue weighted by atomic mass is 9.87. The van der Waals surface area contributed by atoms with Crippen molar-refractivity contribution in [2.24, 2.45) is 0 Å². The SMILES string of the molecule is O=C(Cc1ccc(CCCl)cc1)C(=O)N1CCC(c2ccnc3ccc(F)cc23)CC1.O=C(O)C(=O)N1CCC(c2ccnc3ccc(F)cc23)CC1. The van der Waals surface area contributed by atoms with Gasteiger partial charge in [-0.3, -0.25) is 24.4 Å². The van der Waals surface area contributed by atoms with Crippen molar-refractivity contribution in [3.05, 3.63) is 119 Å². The van der Waals surface area contributed by atoms with Gasteiger partial charge >= 0.3 is 11.9 Å². The highest BCUT2D eigenvalue weighted by atomic mass is 35.5. The highest BCUT2D eigenvalue weighted by Crippen LogP contribution is 2.34. The molecular weight excluding hydrogens is 702 g/mol. The Bertz CT molecular complexity index is 2130. The van der Waals surface area contributed by atoms with Gasteiger partial charge in [0.05, 0.1) is 11.0 Å². The number of Topliss-reactive ketones (excluding diaryl/α,β-unsaturated/α-hetero) is 1. The number of likely N-dealkylation sites (tertiary alicyclic amines) is 2. The number of pyridine rings is 2. The van der Waals surface area contributed by atoms with Crippen molar-refractivity contribution in [1.82, 2.24) is 19.8 Å². The molecule has 7 rings (SSSR count). The van der Waals surface area contributed by atoms with Crippen LogP contribution in [0.15, 0.2) is 85.2 Å². The molecule has 0 radical (unpaired) electrons. The van der Waals surface area contributed by atoms with E-state index in [1.807, 2.05) is 36.4 Å². The third kappa shape index (κ3) is 9.03. The molecule has 2 aromatic heterocycles. The summed E-state index contributed by atoms with van der Waals surface area (Å²) in [6.07, 6.45) is 7.13. The van der Waals surface area contributed by atoms with Gasteiger partial charge in [-0.05, 0) is 115 Å². The van der Waals surface area contributed by atoms with E-state index in [0.717, 1.165) is 63.3 Å². The van der Waals surface area contributed by atoms with Gasteiger partial charge in [-0.2, -0.15) is 0 Å². The Morgan fingerprint density at radius 3 is 1.57 bits per heavy atom. The maximum absolute atomic E-state index is 13.8. The maximum Gasteiger partial charge on any atom is 0.394 e. The summed E-state index contributed by atoms with van der Waals surface area (Å²) in [5, 5.41) is 10.4. The Morgan fingerprint density at radius 1 is 0.660 bits per heavy atom. The van der Waals surface area contributed by atoms with Crippen LogP contribution in [0, 0.1) is 11.6 Å². The quantitative estimate of drug-likeness (QED) is 0.143. The molecular formula is C41H39ClF2N4O5. The number of benzene rings is 3. The van der Waals surface area contributed by atoms with Crippen LogP contribution in [0.1, 0.15) is 59.8 Å². The number of carbonyl (C=O) groups excluding carboxylic acids is 3. The zero-order chi connectivity index (χ0) is 37.5. The first kappa shape index (κ1) is 37.5. The molecule has 5 aromatic rings. The first-order chi connectivity index (χ1) is 25.6. The molecule has 2 saturated heterocycles. The third-order valence-corrected chi connectivity index (χ3v) is 10.3. The number of piperidine rings is 2. The standard InChI is InChI=1S/C25H24ClFN2O2.C16H15FN2O3/c26-11-7-17-1-3-18(4-2-17)15-24(30)25(31)29-13-9-19(10-14-29)21-8-12-28-23-6-5-20(27)16-22(21)23;17-11-1-2-14-13(9-11)12(3-6-18-14)10-4-7-19(8-5-10)15(20)16(21)22/h1-6,8,12,16,19H,7,9-11,13-15H2;1-3,6,9-10H,4-5,7-8H2,(H,21,22). The molecule has 0 bridgehead atoms. The molecule has 0 spiro atoms. The topological polar surface area (TPSA) is 121 Å². The number of hydrogen-bond acceptors (Lipinski definition) is 6. The number of aryl methyl sites for hydroxylation is 1. The normalized spacial score (nSPS) is 15.2. The molecule has 4 heterocycles. The minimum absolute atomic E-state index is 0.105. The van der Waals surface area contributed by atoms with Gasteiger partial charge in [-0.25, -0.2) is 13.6 Å². The molecule has 2 aliphatic rings. The van der Waals surface area contributed by atoms with Crippen molar-refractivity contribution in [2.75, 3.05) is 32.1 Å². The number of halogens is 3. The van der Waals surface area contributed by atoms with Crippen LogP contribution in [0.5, 0.6) is 0 Å². The highest BCUT2D eigenvalue weighted by molar-refractivity contribution is 6.36. The molecule has 3 aromatic carbocycles. The van der Waals surface area contributed by atoms with Gasteiger partial charge in [-0.15, -0.1) is 11.6 Å². The molecule has 53 heavy (non-hydrogen) atoms. The summed E-state index contributed by atoms with van der Waals surface area (Å²) in [6, 6.07) is 20.6. The molecule has 0 saturated carbocycles. The summed E-state index contributed by atoms with van der Waals surface area (Å²) in [6.45, 7) is 1.83. The number of carboxylic acids is 1. The third-order valence-electron chi connectivity index (χ3n) is 10.1. The number of aromatic nitrogens is 2. The summed E-state index contributed by atoms with van der Waals surface area (Å²) < 4.78 is 27.3. The van der Waals surface area contributed by atoms with E-state index in [-0.39, 0.29) is 35.7 Å². The smallest absolute Gasteiger partial charge is 0.394 e. The van der Waals surface area contributed by atoms with Crippen molar-refractivity contribution in [2.45, 2.75) is 50.4 Å². The second-order valence-corrected chi connectivity index (χ2v) is 13.8. The molecule has 2 fully saturated rings. The van der Waals surface area contributed by atoms with E-state index in [0.29, 0.717) is 44.9 Å². The van der Waals surface area contributed by atoms with Crippen LogP contribution in [-0.2, 0) is 32.0 Å². The summed E-state index contributed by atoms with van der Waals surface area (Å²) >= 11 is 5.75. The predicted octanol–water partition coefficient (Wildman–Crippen LogP) is 6.84. The van der Waals surface area contributed by atoms with Crippen LogP contribution in [0.2, 0.25) is 0 Å². The summed E-state index contributed by atoms with van der Waals surface area (Å²) in [5.74, 6) is -2.74. The molecule has 274 valence electrons. The molecule has 2 aliphatic heterocycles. The van der Waals surface area contributed by atoms with Gasteiger partial charge in [0.2, 0.25) is 5.78 Å². The minimum atomic E-state index is -1.42. The fraction of sp³-hybridized carbons (Fsp3) is 0.317. The second-order valence-electron chi connectivity index (χ2n) is 13.4. The van der Waals surface area contributed by atoms with Gasteiger partial charge in [0.1, 0.15) is 11.6 Å². The number of hydrogen-bond donors (Lipinski definition) is 1. The van der Waals surface area contributed by atoms with Crippen molar-refractivity contribution < 1.29 is 33.1 Å². The Kier molecular flexibility index (Phi) is 12.0. The van der Waals surface area contributed by atoms with E-state index in [4.69, 9.17) is 16.7 Å². The van der Waals surface area contributed by atoms with Crippen LogP contribution in [0.4, 0.5) is 8.78 Å². The zero-order valence-electron chi connectivity index (χ0n) is 29.0. The van der Waals surface area contributed by atoms with Gasteiger partial charge in [-0.1, -0.05) is 24.3 Å². The molecule has 1 N–H and O–H groups in total. The van der Waals surface area contributed by atoms with Crippen LogP contribution < -0.4 is 0 Å². The fourth-order valence-corrected chi connectivity index (χ4v) is 7.50. The van der Waals surface area contributed by atoms with E-state index in [1.54, 1.807) is 29.4 Å². The van der Waals surface area contributed by atoms with Gasteiger partial charge < -0.3 is 14.9 Å². The minimum Gasteiger partial charge on any atom is -0.474 e. The van der Waals surface area contributed by atoms with E-state index in [9.17, 15) is 28.0 Å². The van der Waals surface area contributed by atoms with E-state index in [2.05, 4.69) is 9.97 Å². The summed E-state index contributed by atoms with van der Waals surface area (Å²) in [5.41, 5.74) is 5.51. The zero-order valence-corrected chi connectivity index (χ0v) is 29.8. The summed E-state index contributed by atoms with van der Waals surface area (Å²) in [4.78, 5) is 58.9. The predicted molar refractivity (Wildman–Crippen MR) is 198 cm³/mol. The summed E-state index contributed by atoms with van der Waals surface area (Å²) in [7, 11) is 0. The van der Waals surface area contributed by atoms with Crippen molar-refractivity contribution >= 4 is 57.0 Å². The van der Waals surface area contributed by atoms with Gasteiger partial charge in [0.15, 0.2) is 0 Å². The van der Waals surface area contributed by atoms with Crippen LogP contribution in [0.25, 0.3) is 21.8 Å². The number of amides is 2. The largest absolute Gasteiger partial charge is 0.474 e. The number of rotatable bonds is 7. The molecule has 0 aliphatic carbocycles. The first-order valence-corrected chi connectivity index (χ1v) is 18.2. The average molecular weight is 741 g/mol. The fourth-order valence-electron chi connectivity index (χ4n) is 7.28. The number of aliphatic carboxylic acids is 1. The molecule has 12 heteroatoms. The van der Waals surface area contributed by atoms with Gasteiger partial charge in [0, 0.05) is 61.6 Å². The lowest BCUT2D eigenvalue weighted by molar-refractivity contribution is -0.156. The Hall–Kier alpha value is -5.29. The van der Waals surface area contributed by atoms with Crippen molar-refractivity contribution in [1.29, 1.82) is 0 Å². The number of carbonyl (C=O) groups is 4. The van der Waals surface area contributed by atoms with Crippen LogP contribution in [0.3, 0.4) is 0 Å². The Balaban J connectivity index is 0.000000192. The molecule has 0 unspecified atom stereocenters. The molecule has 2 amide bonds.